The molecule has 2 rings (SSSR count). The Morgan fingerprint density at radius 2 is 1.76 bits per heavy atom. The highest BCUT2D eigenvalue weighted by Gasteiger charge is 2.14. The summed E-state index contributed by atoms with van der Waals surface area (Å²) in [5.74, 6) is 2.54. The minimum atomic E-state index is 0.561. The van der Waals surface area contributed by atoms with E-state index < -0.39 is 0 Å². The predicted molar refractivity (Wildman–Crippen MR) is 81.4 cm³/mol. The van der Waals surface area contributed by atoms with Gasteiger partial charge in [0.15, 0.2) is 11.5 Å². The third kappa shape index (κ3) is 3.44. The van der Waals surface area contributed by atoms with Crippen molar-refractivity contribution in [3.8, 4) is 23.0 Å². The number of rotatable bonds is 6. The van der Waals surface area contributed by atoms with Gasteiger partial charge in [-0.15, -0.1) is 0 Å². The molecule has 0 aliphatic carbocycles. The number of aromatic nitrogens is 1. The minimum absolute atomic E-state index is 0.561. The lowest BCUT2D eigenvalue weighted by molar-refractivity contribution is 0.344. The van der Waals surface area contributed by atoms with Crippen molar-refractivity contribution >= 4 is 0 Å². The molecule has 0 saturated heterocycles. The zero-order valence-electron chi connectivity index (χ0n) is 12.8. The SMILES string of the molecule is CNCc1cnc(C)cc1Oc1c(OC)cccc1OC. The Balaban J connectivity index is 2.44. The Hall–Kier alpha value is -2.27. The number of nitrogens with one attached hydrogen (secondary N) is 1. The smallest absolute Gasteiger partial charge is 0.211 e. The summed E-state index contributed by atoms with van der Waals surface area (Å²) >= 11 is 0. The van der Waals surface area contributed by atoms with Crippen LogP contribution >= 0.6 is 0 Å². The van der Waals surface area contributed by atoms with Crippen LogP contribution in [0.15, 0.2) is 30.5 Å². The predicted octanol–water partition coefficient (Wildman–Crippen LogP) is 2.92. The number of hydrogen-bond donors (Lipinski definition) is 1. The van der Waals surface area contributed by atoms with Gasteiger partial charge in [-0.1, -0.05) is 6.07 Å². The van der Waals surface area contributed by atoms with Crippen LogP contribution in [-0.2, 0) is 6.54 Å². The summed E-state index contributed by atoms with van der Waals surface area (Å²) in [6.45, 7) is 2.59. The van der Waals surface area contributed by atoms with Crippen molar-refractivity contribution in [3.05, 3.63) is 41.7 Å². The van der Waals surface area contributed by atoms with Crippen LogP contribution in [0.1, 0.15) is 11.3 Å². The van der Waals surface area contributed by atoms with E-state index in [0.717, 1.165) is 17.0 Å². The van der Waals surface area contributed by atoms with Crippen LogP contribution in [0.5, 0.6) is 23.0 Å². The first-order valence-corrected chi connectivity index (χ1v) is 6.68. The molecule has 1 heterocycles. The zero-order valence-corrected chi connectivity index (χ0v) is 12.8. The number of ether oxygens (including phenoxy) is 3. The summed E-state index contributed by atoms with van der Waals surface area (Å²) in [4.78, 5) is 4.30. The molecule has 5 heteroatoms. The van der Waals surface area contributed by atoms with Crippen molar-refractivity contribution < 1.29 is 14.2 Å². The monoisotopic (exact) mass is 288 g/mol. The highest BCUT2D eigenvalue weighted by molar-refractivity contribution is 5.53. The first kappa shape index (κ1) is 15.1. The van der Waals surface area contributed by atoms with Crippen molar-refractivity contribution in [1.29, 1.82) is 0 Å². The fourth-order valence-corrected chi connectivity index (χ4v) is 2.01. The van der Waals surface area contributed by atoms with Gasteiger partial charge in [0.25, 0.3) is 0 Å². The molecule has 0 fully saturated rings. The van der Waals surface area contributed by atoms with Gasteiger partial charge in [-0.3, -0.25) is 4.98 Å². The normalized spacial score (nSPS) is 10.3. The lowest BCUT2D eigenvalue weighted by Crippen LogP contribution is -2.07. The molecule has 112 valence electrons. The van der Waals surface area contributed by atoms with Gasteiger partial charge in [0, 0.05) is 30.1 Å². The molecule has 21 heavy (non-hydrogen) atoms. The second-order valence-electron chi connectivity index (χ2n) is 4.56. The molecule has 0 aliphatic rings. The summed E-state index contributed by atoms with van der Waals surface area (Å²) in [6, 6.07) is 7.43. The third-order valence-corrected chi connectivity index (χ3v) is 3.04. The second-order valence-corrected chi connectivity index (χ2v) is 4.56. The largest absolute Gasteiger partial charge is 0.493 e. The minimum Gasteiger partial charge on any atom is -0.493 e. The fraction of sp³-hybridized carbons (Fsp3) is 0.312. The Morgan fingerprint density at radius 3 is 2.33 bits per heavy atom. The average molecular weight is 288 g/mol. The van der Waals surface area contributed by atoms with E-state index in [4.69, 9.17) is 14.2 Å². The summed E-state index contributed by atoms with van der Waals surface area (Å²) in [7, 11) is 5.09. The van der Waals surface area contributed by atoms with Crippen LogP contribution in [0.25, 0.3) is 0 Å². The molecule has 0 aliphatic heterocycles. The number of pyridine rings is 1. The molecular weight excluding hydrogens is 268 g/mol. The molecule has 0 amide bonds. The van der Waals surface area contributed by atoms with Gasteiger partial charge in [-0.05, 0) is 26.1 Å². The van der Waals surface area contributed by atoms with Gasteiger partial charge in [0.1, 0.15) is 5.75 Å². The lowest BCUT2D eigenvalue weighted by atomic mass is 10.2. The van der Waals surface area contributed by atoms with E-state index in [1.165, 1.54) is 0 Å². The Kier molecular flexibility index (Phi) is 5.00. The quantitative estimate of drug-likeness (QED) is 0.885. The van der Waals surface area contributed by atoms with Crippen molar-refractivity contribution in [2.45, 2.75) is 13.5 Å². The van der Waals surface area contributed by atoms with Gasteiger partial charge in [-0.25, -0.2) is 0 Å². The maximum atomic E-state index is 6.06. The van der Waals surface area contributed by atoms with Crippen molar-refractivity contribution in [1.82, 2.24) is 10.3 Å². The second kappa shape index (κ2) is 6.95. The third-order valence-electron chi connectivity index (χ3n) is 3.04. The topological polar surface area (TPSA) is 52.6 Å². The molecule has 0 spiro atoms. The first-order valence-electron chi connectivity index (χ1n) is 6.68. The lowest BCUT2D eigenvalue weighted by Gasteiger charge is -2.16. The van der Waals surface area contributed by atoms with Crippen LogP contribution in [-0.4, -0.2) is 26.3 Å². The summed E-state index contributed by atoms with van der Waals surface area (Å²) in [6.07, 6.45) is 1.81. The van der Waals surface area contributed by atoms with Crippen molar-refractivity contribution in [2.75, 3.05) is 21.3 Å². The highest BCUT2D eigenvalue weighted by atomic mass is 16.5. The van der Waals surface area contributed by atoms with Crippen LogP contribution in [0.3, 0.4) is 0 Å². The molecule has 0 radical (unpaired) electrons. The Morgan fingerprint density at radius 1 is 1.10 bits per heavy atom. The fourth-order valence-electron chi connectivity index (χ4n) is 2.01. The van der Waals surface area contributed by atoms with Crippen LogP contribution in [0.2, 0.25) is 0 Å². The van der Waals surface area contributed by atoms with E-state index in [1.807, 2.05) is 44.4 Å². The molecule has 1 aromatic heterocycles. The van der Waals surface area contributed by atoms with E-state index in [-0.39, 0.29) is 0 Å². The van der Waals surface area contributed by atoms with E-state index in [9.17, 15) is 0 Å². The Bertz CT molecular complexity index is 592. The summed E-state index contributed by atoms with van der Waals surface area (Å²) in [5.41, 5.74) is 1.86. The standard InChI is InChI=1S/C16H20N2O3/c1-11-8-15(12(9-17-2)10-18-11)21-16-13(19-3)6-5-7-14(16)20-4/h5-8,10,17H,9H2,1-4H3. The highest BCUT2D eigenvalue weighted by Crippen LogP contribution is 2.40. The first-order chi connectivity index (χ1) is 10.2. The van der Waals surface area contributed by atoms with E-state index in [1.54, 1.807) is 14.2 Å². The molecular formula is C16H20N2O3. The van der Waals surface area contributed by atoms with Gasteiger partial charge in [0.05, 0.1) is 14.2 Å². The number of methoxy groups -OCH3 is 2. The Labute approximate surface area is 124 Å². The van der Waals surface area contributed by atoms with Crippen LogP contribution in [0, 0.1) is 6.92 Å². The summed E-state index contributed by atoms with van der Waals surface area (Å²) in [5, 5.41) is 3.10. The number of nitrogens with zero attached hydrogens (tertiary/aromatic N) is 1. The van der Waals surface area contributed by atoms with E-state index in [0.29, 0.717) is 23.8 Å². The van der Waals surface area contributed by atoms with E-state index >= 15 is 0 Å². The molecule has 0 bridgehead atoms. The zero-order chi connectivity index (χ0) is 15.2. The molecule has 0 saturated carbocycles. The maximum Gasteiger partial charge on any atom is 0.211 e. The molecule has 0 unspecified atom stereocenters. The number of para-hydroxylation sites is 1. The van der Waals surface area contributed by atoms with Gasteiger partial charge in [-0.2, -0.15) is 0 Å². The molecule has 2 aromatic rings. The van der Waals surface area contributed by atoms with Gasteiger partial charge in [0.2, 0.25) is 5.75 Å². The van der Waals surface area contributed by atoms with Crippen molar-refractivity contribution in [3.63, 3.8) is 0 Å². The van der Waals surface area contributed by atoms with Crippen molar-refractivity contribution in [2.24, 2.45) is 0 Å². The molecule has 1 aromatic carbocycles. The number of benzene rings is 1. The number of aryl methyl sites for hydroxylation is 1. The molecule has 0 atom stereocenters. The van der Waals surface area contributed by atoms with Gasteiger partial charge < -0.3 is 19.5 Å². The molecule has 5 nitrogen and oxygen atoms in total. The average Bonchev–Trinajstić information content (AvgIpc) is 2.50. The molecule has 1 N–H and O–H groups in total. The van der Waals surface area contributed by atoms with Crippen LogP contribution < -0.4 is 19.5 Å². The maximum absolute atomic E-state index is 6.06. The van der Waals surface area contributed by atoms with Crippen LogP contribution in [0.4, 0.5) is 0 Å². The van der Waals surface area contributed by atoms with Gasteiger partial charge >= 0.3 is 0 Å². The summed E-state index contributed by atoms with van der Waals surface area (Å²) < 4.78 is 16.8. The van der Waals surface area contributed by atoms with E-state index in [2.05, 4.69) is 10.3 Å². The number of hydrogen-bond acceptors (Lipinski definition) is 5.